The molecular formula is C12H18N2O2. The number of carbonyl (C=O) groups is 1. The van der Waals surface area contributed by atoms with E-state index in [0.717, 1.165) is 25.3 Å². The van der Waals surface area contributed by atoms with Crippen LogP contribution in [0.4, 0.5) is 5.82 Å². The molecule has 0 saturated carbocycles. The van der Waals surface area contributed by atoms with E-state index in [1.807, 2.05) is 0 Å². The molecular weight excluding hydrogens is 204 g/mol. The maximum Gasteiger partial charge on any atom is 0.337 e. The Hall–Kier alpha value is -1.58. The lowest BCUT2D eigenvalue weighted by atomic mass is 10.2. The van der Waals surface area contributed by atoms with E-state index in [9.17, 15) is 4.79 Å². The minimum atomic E-state index is -0.921. The van der Waals surface area contributed by atoms with Crippen LogP contribution in [0.1, 0.15) is 36.3 Å². The largest absolute Gasteiger partial charge is 0.478 e. The van der Waals surface area contributed by atoms with Gasteiger partial charge in [0.2, 0.25) is 0 Å². The van der Waals surface area contributed by atoms with Gasteiger partial charge >= 0.3 is 5.97 Å². The second-order valence-electron chi connectivity index (χ2n) is 3.69. The molecule has 16 heavy (non-hydrogen) atoms. The van der Waals surface area contributed by atoms with E-state index in [0.29, 0.717) is 5.69 Å². The Morgan fingerprint density at radius 3 is 2.56 bits per heavy atom. The highest BCUT2D eigenvalue weighted by Crippen LogP contribution is 2.15. The number of aromatic nitrogens is 1. The van der Waals surface area contributed by atoms with Crippen LogP contribution in [0.15, 0.2) is 12.1 Å². The Morgan fingerprint density at radius 1 is 1.44 bits per heavy atom. The lowest BCUT2D eigenvalue weighted by molar-refractivity contribution is 0.0695. The predicted octanol–water partition coefficient (Wildman–Crippen LogP) is 2.32. The fourth-order valence-electron chi connectivity index (χ4n) is 1.65. The standard InChI is InChI=1S/C12H18N2O2/c1-4-8-14(5-2)11-7-6-10(12(15)16)9(3)13-11/h6-7H,4-5,8H2,1-3H3,(H,15,16). The smallest absolute Gasteiger partial charge is 0.337 e. The van der Waals surface area contributed by atoms with Crippen LogP contribution in [0.25, 0.3) is 0 Å². The van der Waals surface area contributed by atoms with E-state index in [4.69, 9.17) is 5.11 Å². The molecule has 0 bridgehead atoms. The van der Waals surface area contributed by atoms with Crippen molar-refractivity contribution in [2.24, 2.45) is 0 Å². The van der Waals surface area contributed by atoms with Crippen molar-refractivity contribution in [3.63, 3.8) is 0 Å². The number of nitrogens with zero attached hydrogens (tertiary/aromatic N) is 2. The fourth-order valence-corrected chi connectivity index (χ4v) is 1.65. The topological polar surface area (TPSA) is 53.4 Å². The second-order valence-corrected chi connectivity index (χ2v) is 3.69. The molecule has 0 radical (unpaired) electrons. The summed E-state index contributed by atoms with van der Waals surface area (Å²) in [6.07, 6.45) is 1.05. The number of carboxylic acids is 1. The third-order valence-corrected chi connectivity index (χ3v) is 2.50. The second kappa shape index (κ2) is 5.49. The van der Waals surface area contributed by atoms with Gasteiger partial charge in [0.05, 0.1) is 11.3 Å². The molecule has 1 heterocycles. The predicted molar refractivity (Wildman–Crippen MR) is 64.1 cm³/mol. The first-order valence-electron chi connectivity index (χ1n) is 5.56. The highest BCUT2D eigenvalue weighted by Gasteiger charge is 2.11. The third kappa shape index (κ3) is 2.72. The van der Waals surface area contributed by atoms with Crippen LogP contribution in [-0.2, 0) is 0 Å². The van der Waals surface area contributed by atoms with Gasteiger partial charge in [-0.1, -0.05) is 6.92 Å². The van der Waals surface area contributed by atoms with Gasteiger partial charge in [-0.3, -0.25) is 0 Å². The number of hydrogen-bond donors (Lipinski definition) is 1. The molecule has 0 amide bonds. The van der Waals surface area contributed by atoms with Crippen molar-refractivity contribution in [1.82, 2.24) is 4.98 Å². The first-order valence-corrected chi connectivity index (χ1v) is 5.56. The highest BCUT2D eigenvalue weighted by atomic mass is 16.4. The summed E-state index contributed by atoms with van der Waals surface area (Å²) in [4.78, 5) is 17.3. The number of pyridine rings is 1. The molecule has 0 fully saturated rings. The van der Waals surface area contributed by atoms with E-state index in [1.54, 1.807) is 19.1 Å². The van der Waals surface area contributed by atoms with E-state index in [2.05, 4.69) is 23.7 Å². The van der Waals surface area contributed by atoms with E-state index in [1.165, 1.54) is 0 Å². The van der Waals surface area contributed by atoms with Crippen molar-refractivity contribution in [2.45, 2.75) is 27.2 Å². The van der Waals surface area contributed by atoms with Crippen LogP contribution >= 0.6 is 0 Å². The Morgan fingerprint density at radius 2 is 2.12 bits per heavy atom. The molecule has 0 aliphatic heterocycles. The molecule has 0 unspecified atom stereocenters. The van der Waals surface area contributed by atoms with Crippen LogP contribution in [0.3, 0.4) is 0 Å². The van der Waals surface area contributed by atoms with E-state index < -0.39 is 5.97 Å². The Balaban J connectivity index is 2.99. The number of anilines is 1. The summed E-state index contributed by atoms with van der Waals surface area (Å²) < 4.78 is 0. The lowest BCUT2D eigenvalue weighted by Gasteiger charge is -2.21. The van der Waals surface area contributed by atoms with Crippen molar-refractivity contribution < 1.29 is 9.90 Å². The van der Waals surface area contributed by atoms with Crippen LogP contribution < -0.4 is 4.90 Å². The number of carboxylic acid groups (broad SMARTS) is 1. The van der Waals surface area contributed by atoms with Gasteiger partial charge < -0.3 is 10.0 Å². The van der Waals surface area contributed by atoms with Crippen molar-refractivity contribution >= 4 is 11.8 Å². The van der Waals surface area contributed by atoms with Crippen molar-refractivity contribution in [1.29, 1.82) is 0 Å². The normalized spacial score (nSPS) is 10.2. The monoisotopic (exact) mass is 222 g/mol. The van der Waals surface area contributed by atoms with Crippen molar-refractivity contribution in [3.8, 4) is 0 Å². The van der Waals surface area contributed by atoms with Crippen LogP contribution in [0.5, 0.6) is 0 Å². The van der Waals surface area contributed by atoms with Crippen LogP contribution in [0.2, 0.25) is 0 Å². The maximum atomic E-state index is 10.8. The number of aromatic carboxylic acids is 1. The summed E-state index contributed by atoms with van der Waals surface area (Å²) in [6, 6.07) is 3.40. The first kappa shape index (κ1) is 12.5. The molecule has 0 aliphatic rings. The zero-order valence-electron chi connectivity index (χ0n) is 10.0. The maximum absolute atomic E-state index is 10.8. The molecule has 88 valence electrons. The van der Waals surface area contributed by atoms with Crippen LogP contribution in [0, 0.1) is 6.92 Å². The molecule has 1 N–H and O–H groups in total. The molecule has 1 aromatic heterocycles. The summed E-state index contributed by atoms with van der Waals surface area (Å²) in [7, 11) is 0. The fraction of sp³-hybridized carbons (Fsp3) is 0.500. The van der Waals surface area contributed by atoms with E-state index in [-0.39, 0.29) is 5.56 Å². The highest BCUT2D eigenvalue weighted by molar-refractivity contribution is 5.89. The molecule has 1 rings (SSSR count). The van der Waals surface area contributed by atoms with E-state index >= 15 is 0 Å². The average Bonchev–Trinajstić information content (AvgIpc) is 2.25. The van der Waals surface area contributed by atoms with Crippen LogP contribution in [-0.4, -0.2) is 29.1 Å². The average molecular weight is 222 g/mol. The Bertz CT molecular complexity index is 377. The molecule has 4 heteroatoms. The zero-order valence-corrected chi connectivity index (χ0v) is 10.0. The molecule has 4 nitrogen and oxygen atoms in total. The number of hydrogen-bond acceptors (Lipinski definition) is 3. The number of rotatable bonds is 5. The molecule has 0 aliphatic carbocycles. The summed E-state index contributed by atoms with van der Waals surface area (Å²) >= 11 is 0. The molecule has 0 saturated heterocycles. The first-order chi connectivity index (χ1) is 7.60. The van der Waals surface area contributed by atoms with Gasteiger partial charge in [0.1, 0.15) is 5.82 Å². The summed E-state index contributed by atoms with van der Waals surface area (Å²) in [5.41, 5.74) is 0.843. The third-order valence-electron chi connectivity index (χ3n) is 2.50. The Kier molecular flexibility index (Phi) is 4.28. The SMILES string of the molecule is CCCN(CC)c1ccc(C(=O)O)c(C)n1. The zero-order chi connectivity index (χ0) is 12.1. The van der Waals surface area contributed by atoms with Crippen molar-refractivity contribution in [3.05, 3.63) is 23.4 Å². The van der Waals surface area contributed by atoms with Gasteiger partial charge in [0.25, 0.3) is 0 Å². The van der Waals surface area contributed by atoms with Crippen molar-refractivity contribution in [2.75, 3.05) is 18.0 Å². The Labute approximate surface area is 95.9 Å². The molecule has 0 aromatic carbocycles. The summed E-state index contributed by atoms with van der Waals surface area (Å²) in [5, 5.41) is 8.90. The molecule has 0 spiro atoms. The molecule has 0 atom stereocenters. The van der Waals surface area contributed by atoms with Gasteiger partial charge in [-0.05, 0) is 32.4 Å². The minimum absolute atomic E-state index is 0.274. The summed E-state index contributed by atoms with van der Waals surface area (Å²) in [5.74, 6) is -0.0676. The van der Waals surface area contributed by atoms with Gasteiger partial charge in [0, 0.05) is 13.1 Å². The van der Waals surface area contributed by atoms with Gasteiger partial charge in [0.15, 0.2) is 0 Å². The number of aryl methyl sites for hydroxylation is 1. The minimum Gasteiger partial charge on any atom is -0.478 e. The lowest BCUT2D eigenvalue weighted by Crippen LogP contribution is -2.24. The van der Waals surface area contributed by atoms with Gasteiger partial charge in [-0.15, -0.1) is 0 Å². The van der Waals surface area contributed by atoms with Gasteiger partial charge in [-0.25, -0.2) is 9.78 Å². The molecule has 1 aromatic rings. The summed E-state index contributed by atoms with van der Waals surface area (Å²) in [6.45, 7) is 7.73. The quantitative estimate of drug-likeness (QED) is 0.830. The van der Waals surface area contributed by atoms with Gasteiger partial charge in [-0.2, -0.15) is 0 Å².